The molecule has 0 radical (unpaired) electrons. The van der Waals surface area contributed by atoms with Crippen molar-refractivity contribution in [2.45, 2.75) is 13.0 Å². The Kier molecular flexibility index (Phi) is 5.28. The number of carbonyl (C=O) groups is 2. The number of benzene rings is 3. The number of hydrogen-bond acceptors (Lipinski definition) is 4. The van der Waals surface area contributed by atoms with Crippen molar-refractivity contribution in [3.8, 4) is 5.75 Å². The van der Waals surface area contributed by atoms with Gasteiger partial charge in [-0.1, -0.05) is 41.9 Å². The van der Waals surface area contributed by atoms with E-state index in [9.17, 15) is 19.1 Å². The molecule has 0 saturated heterocycles. The molecular formula is C20H15ClFNO4. The van der Waals surface area contributed by atoms with Crippen LogP contribution in [0.2, 0.25) is 5.02 Å². The van der Waals surface area contributed by atoms with Crippen molar-refractivity contribution in [3.63, 3.8) is 0 Å². The molecule has 0 aromatic heterocycles. The van der Waals surface area contributed by atoms with Crippen molar-refractivity contribution in [2.24, 2.45) is 0 Å². The highest BCUT2D eigenvalue weighted by Gasteiger charge is 2.22. The number of fused-ring (bicyclic) bond motifs is 1. The average Bonchev–Trinajstić information content (AvgIpc) is 2.64. The number of esters is 1. The predicted octanol–water partition coefficient (Wildman–Crippen LogP) is 4.52. The molecule has 0 spiro atoms. The quantitative estimate of drug-likeness (QED) is 0.645. The van der Waals surface area contributed by atoms with Gasteiger partial charge in [0.25, 0.3) is 5.91 Å². The van der Waals surface area contributed by atoms with Crippen molar-refractivity contribution in [2.75, 3.05) is 5.32 Å². The molecule has 0 fully saturated rings. The van der Waals surface area contributed by atoms with Crippen LogP contribution >= 0.6 is 11.6 Å². The van der Waals surface area contributed by atoms with Gasteiger partial charge in [0.05, 0.1) is 10.7 Å². The highest BCUT2D eigenvalue weighted by atomic mass is 35.5. The number of aromatic hydroxyl groups is 1. The van der Waals surface area contributed by atoms with Gasteiger partial charge < -0.3 is 15.2 Å². The van der Waals surface area contributed by atoms with E-state index in [-0.39, 0.29) is 22.0 Å². The monoisotopic (exact) mass is 387 g/mol. The molecular weight excluding hydrogens is 373 g/mol. The number of anilines is 1. The van der Waals surface area contributed by atoms with Gasteiger partial charge in [-0.3, -0.25) is 4.79 Å². The molecule has 5 nitrogen and oxygen atoms in total. The number of halogens is 2. The third-order valence-corrected chi connectivity index (χ3v) is 4.28. The van der Waals surface area contributed by atoms with Crippen LogP contribution in [0.5, 0.6) is 5.75 Å². The molecule has 0 heterocycles. The second-order valence-electron chi connectivity index (χ2n) is 5.84. The smallest absolute Gasteiger partial charge is 0.342 e. The lowest BCUT2D eigenvalue weighted by atomic mass is 10.1. The zero-order valence-electron chi connectivity index (χ0n) is 14.2. The van der Waals surface area contributed by atoms with Crippen molar-refractivity contribution >= 4 is 39.9 Å². The van der Waals surface area contributed by atoms with Gasteiger partial charge in [-0.25, -0.2) is 9.18 Å². The summed E-state index contributed by atoms with van der Waals surface area (Å²) >= 11 is 5.86. The zero-order valence-corrected chi connectivity index (χ0v) is 15.0. The summed E-state index contributed by atoms with van der Waals surface area (Å²) in [5.41, 5.74) is 0.146. The maximum Gasteiger partial charge on any atom is 0.342 e. The summed E-state index contributed by atoms with van der Waals surface area (Å²) in [4.78, 5) is 24.6. The SMILES string of the molecule is CC(OC(=O)c1ccc2ccccc2c1O)C(=O)Nc1ccc(F)cc1Cl. The molecule has 7 heteroatoms. The summed E-state index contributed by atoms with van der Waals surface area (Å²) in [6.07, 6.45) is -1.16. The van der Waals surface area contributed by atoms with Gasteiger partial charge in [0.2, 0.25) is 0 Å². The molecule has 1 unspecified atom stereocenters. The van der Waals surface area contributed by atoms with Gasteiger partial charge >= 0.3 is 5.97 Å². The summed E-state index contributed by atoms with van der Waals surface area (Å²) in [5.74, 6) is -2.24. The van der Waals surface area contributed by atoms with Crippen LogP contribution in [0.15, 0.2) is 54.6 Å². The molecule has 3 rings (SSSR count). The second kappa shape index (κ2) is 7.63. The van der Waals surface area contributed by atoms with E-state index in [1.54, 1.807) is 24.3 Å². The van der Waals surface area contributed by atoms with Crippen molar-refractivity contribution in [3.05, 3.63) is 71.0 Å². The second-order valence-corrected chi connectivity index (χ2v) is 6.25. The summed E-state index contributed by atoms with van der Waals surface area (Å²) < 4.78 is 18.2. The molecule has 0 aliphatic rings. The topological polar surface area (TPSA) is 75.6 Å². The molecule has 1 amide bonds. The fraction of sp³-hybridized carbons (Fsp3) is 0.100. The lowest BCUT2D eigenvalue weighted by Crippen LogP contribution is -2.30. The van der Waals surface area contributed by atoms with E-state index in [1.165, 1.54) is 19.1 Å². The molecule has 0 saturated carbocycles. The Morgan fingerprint density at radius 1 is 1.15 bits per heavy atom. The lowest BCUT2D eigenvalue weighted by molar-refractivity contribution is -0.123. The van der Waals surface area contributed by atoms with Crippen LogP contribution in [0, 0.1) is 5.82 Å². The molecule has 0 aliphatic heterocycles. The molecule has 138 valence electrons. The third kappa shape index (κ3) is 4.01. The average molecular weight is 388 g/mol. The maximum atomic E-state index is 13.1. The van der Waals surface area contributed by atoms with E-state index in [2.05, 4.69) is 5.32 Å². The van der Waals surface area contributed by atoms with Crippen LogP contribution in [0.1, 0.15) is 17.3 Å². The summed E-state index contributed by atoms with van der Waals surface area (Å²) in [6.45, 7) is 1.38. The van der Waals surface area contributed by atoms with Crippen LogP contribution in [-0.4, -0.2) is 23.1 Å². The van der Waals surface area contributed by atoms with E-state index in [0.29, 0.717) is 5.39 Å². The van der Waals surface area contributed by atoms with E-state index >= 15 is 0 Å². The van der Waals surface area contributed by atoms with E-state index in [4.69, 9.17) is 16.3 Å². The normalized spacial score (nSPS) is 11.8. The van der Waals surface area contributed by atoms with Gasteiger partial charge in [-0.15, -0.1) is 0 Å². The van der Waals surface area contributed by atoms with Crippen LogP contribution < -0.4 is 5.32 Å². The number of carbonyl (C=O) groups excluding carboxylic acids is 2. The Labute approximate surface area is 159 Å². The van der Waals surface area contributed by atoms with Crippen molar-refractivity contribution < 1.29 is 23.8 Å². The highest BCUT2D eigenvalue weighted by molar-refractivity contribution is 6.33. The van der Waals surface area contributed by atoms with Crippen LogP contribution in [0.3, 0.4) is 0 Å². The maximum absolute atomic E-state index is 13.1. The molecule has 0 aliphatic carbocycles. The van der Waals surface area contributed by atoms with Crippen molar-refractivity contribution in [1.29, 1.82) is 0 Å². The number of hydrogen-bond donors (Lipinski definition) is 2. The van der Waals surface area contributed by atoms with Gasteiger partial charge in [0.1, 0.15) is 17.1 Å². The number of amides is 1. The Morgan fingerprint density at radius 2 is 1.89 bits per heavy atom. The van der Waals surface area contributed by atoms with Crippen molar-refractivity contribution in [1.82, 2.24) is 0 Å². The largest absolute Gasteiger partial charge is 0.506 e. The fourth-order valence-electron chi connectivity index (χ4n) is 2.52. The molecule has 0 bridgehead atoms. The lowest BCUT2D eigenvalue weighted by Gasteiger charge is -2.15. The predicted molar refractivity (Wildman–Crippen MR) is 101 cm³/mol. The first-order valence-electron chi connectivity index (χ1n) is 8.04. The summed E-state index contributed by atoms with van der Waals surface area (Å²) in [6, 6.07) is 13.6. The number of ether oxygens (including phenoxy) is 1. The number of nitrogens with one attached hydrogen (secondary N) is 1. The van der Waals surface area contributed by atoms with Gasteiger partial charge in [0, 0.05) is 5.39 Å². The first-order chi connectivity index (χ1) is 12.9. The van der Waals surface area contributed by atoms with Crippen LogP contribution in [-0.2, 0) is 9.53 Å². The standard InChI is InChI=1S/C20H15ClFNO4/c1-11(19(25)23-17-9-7-13(22)10-16(17)21)27-20(26)15-8-6-12-4-2-3-5-14(12)18(15)24/h2-11,24H,1H3,(H,23,25). The van der Waals surface area contributed by atoms with E-state index in [0.717, 1.165) is 17.5 Å². The van der Waals surface area contributed by atoms with E-state index in [1.807, 2.05) is 6.07 Å². The highest BCUT2D eigenvalue weighted by Crippen LogP contribution is 2.29. The third-order valence-electron chi connectivity index (χ3n) is 3.96. The Balaban J connectivity index is 1.73. The minimum Gasteiger partial charge on any atom is -0.506 e. The Bertz CT molecular complexity index is 1040. The minimum absolute atomic E-state index is 0.0223. The Hall–Kier alpha value is -3.12. The Morgan fingerprint density at radius 3 is 2.63 bits per heavy atom. The molecule has 3 aromatic rings. The van der Waals surface area contributed by atoms with Crippen LogP contribution in [0.4, 0.5) is 10.1 Å². The zero-order chi connectivity index (χ0) is 19.6. The molecule has 1 atom stereocenters. The van der Waals surface area contributed by atoms with Gasteiger partial charge in [0.15, 0.2) is 6.10 Å². The van der Waals surface area contributed by atoms with Gasteiger partial charge in [-0.05, 0) is 36.6 Å². The molecule has 27 heavy (non-hydrogen) atoms. The number of phenols is 1. The first-order valence-corrected chi connectivity index (χ1v) is 8.42. The summed E-state index contributed by atoms with van der Waals surface area (Å²) in [7, 11) is 0. The molecule has 3 aromatic carbocycles. The minimum atomic E-state index is -1.16. The fourth-order valence-corrected chi connectivity index (χ4v) is 2.74. The first kappa shape index (κ1) is 18.7. The molecule has 2 N–H and O–H groups in total. The van der Waals surface area contributed by atoms with Crippen LogP contribution in [0.25, 0.3) is 10.8 Å². The van der Waals surface area contributed by atoms with Gasteiger partial charge in [-0.2, -0.15) is 0 Å². The van der Waals surface area contributed by atoms with E-state index < -0.39 is 23.8 Å². The summed E-state index contributed by atoms with van der Waals surface area (Å²) in [5, 5.41) is 14.1. The number of phenolic OH excluding ortho intramolecular Hbond substituents is 1. The number of rotatable bonds is 4.